The van der Waals surface area contributed by atoms with E-state index in [-0.39, 0.29) is 23.1 Å². The minimum atomic E-state index is -0.223. The van der Waals surface area contributed by atoms with Crippen molar-refractivity contribution in [2.75, 3.05) is 16.4 Å². The molecule has 0 unspecified atom stereocenters. The van der Waals surface area contributed by atoms with Gasteiger partial charge in [-0.05, 0) is 47.5 Å². The van der Waals surface area contributed by atoms with Crippen molar-refractivity contribution in [1.29, 1.82) is 0 Å². The van der Waals surface area contributed by atoms with Gasteiger partial charge < -0.3 is 10.6 Å². The molecule has 4 aromatic rings. The van der Waals surface area contributed by atoms with Gasteiger partial charge in [-0.1, -0.05) is 23.9 Å². The Morgan fingerprint density at radius 1 is 1.06 bits per heavy atom. The number of rotatable bonds is 8. The summed E-state index contributed by atoms with van der Waals surface area (Å²) >= 11 is 4.27. The molecule has 1 aromatic carbocycles. The van der Waals surface area contributed by atoms with E-state index in [1.165, 1.54) is 34.9 Å². The molecule has 10 heteroatoms. The van der Waals surface area contributed by atoms with Crippen molar-refractivity contribution in [2.45, 2.75) is 25.0 Å². The van der Waals surface area contributed by atoms with Crippen LogP contribution in [0.3, 0.4) is 0 Å². The normalized spacial score (nSPS) is 10.9. The Hall–Kier alpha value is -2.95. The molecular formula is C22H20N4O3S3. The first kappa shape index (κ1) is 22.3. The Bertz CT molecular complexity index is 1310. The van der Waals surface area contributed by atoms with Crippen LogP contribution in [-0.2, 0) is 22.6 Å². The number of amides is 2. The number of nitrogens with one attached hydrogen (secondary N) is 2. The van der Waals surface area contributed by atoms with Crippen LogP contribution in [0.1, 0.15) is 11.8 Å². The van der Waals surface area contributed by atoms with E-state index >= 15 is 0 Å². The smallest absolute Gasteiger partial charge is 0.272 e. The first-order valence-corrected chi connectivity index (χ1v) is 12.5. The van der Waals surface area contributed by atoms with Crippen molar-refractivity contribution in [3.63, 3.8) is 0 Å². The van der Waals surface area contributed by atoms with Gasteiger partial charge in [-0.2, -0.15) is 0 Å². The zero-order valence-electron chi connectivity index (χ0n) is 17.2. The molecule has 32 heavy (non-hydrogen) atoms. The van der Waals surface area contributed by atoms with E-state index < -0.39 is 0 Å². The second kappa shape index (κ2) is 10.1. The molecule has 3 heterocycles. The molecule has 0 aliphatic carbocycles. The highest BCUT2D eigenvalue weighted by atomic mass is 32.2. The van der Waals surface area contributed by atoms with E-state index in [1.807, 2.05) is 29.0 Å². The van der Waals surface area contributed by atoms with Crippen LogP contribution in [0.15, 0.2) is 63.2 Å². The van der Waals surface area contributed by atoms with Crippen molar-refractivity contribution >= 4 is 67.8 Å². The van der Waals surface area contributed by atoms with E-state index in [2.05, 4.69) is 15.6 Å². The molecule has 3 aromatic heterocycles. The Morgan fingerprint density at radius 3 is 2.62 bits per heavy atom. The van der Waals surface area contributed by atoms with Crippen molar-refractivity contribution in [2.24, 2.45) is 0 Å². The predicted molar refractivity (Wildman–Crippen MR) is 132 cm³/mol. The molecule has 0 bridgehead atoms. The van der Waals surface area contributed by atoms with Gasteiger partial charge in [0, 0.05) is 29.7 Å². The monoisotopic (exact) mass is 484 g/mol. The lowest BCUT2D eigenvalue weighted by molar-refractivity contribution is -0.114. The molecule has 0 aliphatic heterocycles. The average Bonchev–Trinajstić information content (AvgIpc) is 3.43. The number of carbonyl (C=O) groups is 2. The topological polar surface area (TPSA) is 93.1 Å². The van der Waals surface area contributed by atoms with Crippen LogP contribution >= 0.6 is 34.4 Å². The number of benzene rings is 1. The van der Waals surface area contributed by atoms with E-state index in [9.17, 15) is 14.4 Å². The van der Waals surface area contributed by atoms with E-state index in [0.29, 0.717) is 33.3 Å². The number of thioether (sulfide) groups is 1. The maximum Gasteiger partial charge on any atom is 0.272 e. The maximum atomic E-state index is 13.0. The van der Waals surface area contributed by atoms with Crippen LogP contribution in [0.25, 0.3) is 10.2 Å². The molecule has 0 atom stereocenters. The highest BCUT2D eigenvalue weighted by Gasteiger charge is 2.15. The lowest BCUT2D eigenvalue weighted by Crippen LogP contribution is -2.24. The summed E-state index contributed by atoms with van der Waals surface area (Å²) < 4.78 is 2.29. The van der Waals surface area contributed by atoms with Gasteiger partial charge in [-0.25, -0.2) is 4.98 Å². The molecule has 0 saturated heterocycles. The minimum absolute atomic E-state index is 0.0764. The second-order valence-electron chi connectivity index (χ2n) is 6.91. The highest BCUT2D eigenvalue weighted by molar-refractivity contribution is 7.99. The highest BCUT2D eigenvalue weighted by Crippen LogP contribution is 2.22. The van der Waals surface area contributed by atoms with Crippen LogP contribution in [0.5, 0.6) is 0 Å². The van der Waals surface area contributed by atoms with Crippen LogP contribution in [0.4, 0.5) is 11.4 Å². The predicted octanol–water partition coefficient (Wildman–Crippen LogP) is 4.45. The Morgan fingerprint density at radius 2 is 1.88 bits per heavy atom. The summed E-state index contributed by atoms with van der Waals surface area (Å²) in [4.78, 5) is 42.6. The van der Waals surface area contributed by atoms with E-state index in [4.69, 9.17) is 0 Å². The largest absolute Gasteiger partial charge is 0.326 e. The zero-order chi connectivity index (χ0) is 22.5. The molecule has 0 radical (unpaired) electrons. The standard InChI is InChI=1S/C22H20N4O3S3/c1-14(27)23-15-4-2-5-16(12-15)24-19(28)13-32-22-25-18-8-11-31-20(18)21(29)26(22)9-7-17-6-3-10-30-17/h2-6,8,10-12H,7,9,13H2,1H3,(H,23,27)(H,24,28). The van der Waals surface area contributed by atoms with Crippen molar-refractivity contribution < 1.29 is 9.59 Å². The maximum absolute atomic E-state index is 13.0. The summed E-state index contributed by atoms with van der Waals surface area (Å²) in [5, 5.41) is 9.91. The molecule has 2 N–H and O–H groups in total. The molecule has 0 saturated carbocycles. The van der Waals surface area contributed by atoms with Gasteiger partial charge in [-0.15, -0.1) is 22.7 Å². The third kappa shape index (κ3) is 5.45. The van der Waals surface area contributed by atoms with E-state index in [1.54, 1.807) is 40.2 Å². The number of hydrogen-bond donors (Lipinski definition) is 2. The molecule has 0 aliphatic rings. The van der Waals surface area contributed by atoms with E-state index in [0.717, 1.165) is 6.42 Å². The fourth-order valence-electron chi connectivity index (χ4n) is 3.11. The van der Waals surface area contributed by atoms with Crippen LogP contribution < -0.4 is 16.2 Å². The number of anilines is 2. The first-order chi connectivity index (χ1) is 15.5. The number of aromatic nitrogens is 2. The molecule has 2 amide bonds. The van der Waals surface area contributed by atoms with Crippen LogP contribution in [0.2, 0.25) is 0 Å². The Balaban J connectivity index is 1.48. The van der Waals surface area contributed by atoms with Gasteiger partial charge in [-0.3, -0.25) is 19.0 Å². The van der Waals surface area contributed by atoms with Gasteiger partial charge in [0.15, 0.2) is 5.16 Å². The van der Waals surface area contributed by atoms with Gasteiger partial charge in [0.25, 0.3) is 5.56 Å². The van der Waals surface area contributed by atoms with Crippen LogP contribution in [-0.4, -0.2) is 27.1 Å². The third-order valence-electron chi connectivity index (χ3n) is 4.49. The molecule has 0 spiro atoms. The number of carbonyl (C=O) groups excluding carboxylic acids is 2. The Kier molecular flexibility index (Phi) is 7.03. The van der Waals surface area contributed by atoms with Gasteiger partial charge in [0.2, 0.25) is 11.8 Å². The average molecular weight is 485 g/mol. The van der Waals surface area contributed by atoms with Crippen molar-refractivity contribution in [3.05, 3.63) is 68.5 Å². The fourth-order valence-corrected chi connectivity index (χ4v) is 5.41. The van der Waals surface area contributed by atoms with Crippen molar-refractivity contribution in [3.8, 4) is 0 Å². The fraction of sp³-hybridized carbons (Fsp3) is 0.182. The quantitative estimate of drug-likeness (QED) is 0.285. The SMILES string of the molecule is CC(=O)Nc1cccc(NC(=O)CSc2nc3ccsc3c(=O)n2CCc2cccs2)c1. The lowest BCUT2D eigenvalue weighted by atomic mass is 10.2. The summed E-state index contributed by atoms with van der Waals surface area (Å²) in [7, 11) is 0. The number of nitrogens with zero attached hydrogens (tertiary/aromatic N) is 2. The lowest BCUT2D eigenvalue weighted by Gasteiger charge is -2.12. The van der Waals surface area contributed by atoms with Crippen LogP contribution in [0, 0.1) is 0 Å². The molecule has 0 fully saturated rings. The molecule has 7 nitrogen and oxygen atoms in total. The molecule has 164 valence electrons. The second-order valence-corrected chi connectivity index (χ2v) is 9.81. The first-order valence-electron chi connectivity index (χ1n) is 9.80. The molecule has 4 rings (SSSR count). The number of aryl methyl sites for hydroxylation is 1. The summed E-state index contributed by atoms with van der Waals surface area (Å²) in [6.07, 6.45) is 0.728. The molecular weight excluding hydrogens is 464 g/mol. The zero-order valence-corrected chi connectivity index (χ0v) is 19.6. The number of hydrogen-bond acceptors (Lipinski definition) is 7. The minimum Gasteiger partial charge on any atom is -0.326 e. The van der Waals surface area contributed by atoms with Crippen molar-refractivity contribution in [1.82, 2.24) is 9.55 Å². The summed E-state index contributed by atoms with van der Waals surface area (Å²) in [5.41, 5.74) is 1.76. The van der Waals surface area contributed by atoms with Gasteiger partial charge in [0.05, 0.1) is 11.3 Å². The van der Waals surface area contributed by atoms with Gasteiger partial charge in [0.1, 0.15) is 4.70 Å². The Labute approximate surface area is 196 Å². The summed E-state index contributed by atoms with van der Waals surface area (Å²) in [6.45, 7) is 1.93. The number of fused-ring (bicyclic) bond motifs is 1. The van der Waals surface area contributed by atoms with Gasteiger partial charge >= 0.3 is 0 Å². The summed E-state index contributed by atoms with van der Waals surface area (Å²) in [6, 6.07) is 12.8. The summed E-state index contributed by atoms with van der Waals surface area (Å²) in [5.74, 6) is -0.301. The number of thiophene rings is 2. The third-order valence-corrected chi connectivity index (χ3v) is 7.30.